The second-order valence-corrected chi connectivity index (χ2v) is 5.62. The third-order valence-corrected chi connectivity index (χ3v) is 3.90. The first-order valence-corrected chi connectivity index (χ1v) is 7.24. The molecule has 0 aliphatic heterocycles. The van der Waals surface area contributed by atoms with Crippen LogP contribution in [0.3, 0.4) is 0 Å². The maximum Gasteiger partial charge on any atom is 0.471 e. The summed E-state index contributed by atoms with van der Waals surface area (Å²) < 4.78 is 68.8. The molecule has 24 heavy (non-hydrogen) atoms. The van der Waals surface area contributed by atoms with Crippen molar-refractivity contribution in [2.75, 3.05) is 6.54 Å². The van der Waals surface area contributed by atoms with E-state index in [1.54, 1.807) is 0 Å². The van der Waals surface area contributed by atoms with Crippen molar-refractivity contribution in [2.24, 2.45) is 0 Å². The normalized spacial score (nSPS) is 13.8. The van der Waals surface area contributed by atoms with Crippen LogP contribution < -0.4 is 5.32 Å². The van der Waals surface area contributed by atoms with Gasteiger partial charge in [-0.3, -0.25) is 4.79 Å². The minimum absolute atomic E-state index is 0.0324. The number of hydrogen-bond donors (Lipinski definition) is 2. The molecule has 2 rings (SSSR count). The molecule has 2 heterocycles. The lowest BCUT2D eigenvalue weighted by Gasteiger charge is -2.20. The number of carbonyl (C=O) groups excluding carboxylic acids is 1. The first-order valence-electron chi connectivity index (χ1n) is 6.42. The Kier molecular flexibility index (Phi) is 4.90. The van der Waals surface area contributed by atoms with Gasteiger partial charge in [0.15, 0.2) is 6.10 Å². The van der Waals surface area contributed by atoms with Crippen molar-refractivity contribution in [3.05, 3.63) is 22.9 Å². The van der Waals surface area contributed by atoms with E-state index in [2.05, 4.69) is 14.7 Å². The van der Waals surface area contributed by atoms with Crippen LogP contribution >= 0.6 is 11.3 Å². The molecule has 0 fully saturated rings. The molecule has 2 N–H and O–H groups in total. The number of halogens is 5. The van der Waals surface area contributed by atoms with E-state index in [0.29, 0.717) is 11.3 Å². The van der Waals surface area contributed by atoms with Crippen molar-refractivity contribution in [1.82, 2.24) is 15.5 Å². The number of hydrogen-bond acceptors (Lipinski definition) is 6. The van der Waals surface area contributed by atoms with Crippen LogP contribution in [0.25, 0.3) is 10.7 Å². The Labute approximate surface area is 135 Å². The number of thiophene rings is 1. The molecule has 0 aliphatic carbocycles. The van der Waals surface area contributed by atoms with Crippen molar-refractivity contribution < 1.29 is 36.4 Å². The van der Waals surface area contributed by atoms with Crippen LogP contribution in [-0.2, 0) is 11.0 Å². The average molecular weight is 371 g/mol. The minimum atomic E-state index is -4.84. The van der Waals surface area contributed by atoms with Gasteiger partial charge in [-0.1, -0.05) is 5.16 Å². The second-order valence-electron chi connectivity index (χ2n) is 4.51. The summed E-state index contributed by atoms with van der Waals surface area (Å²) >= 11 is 0.518. The van der Waals surface area contributed by atoms with Gasteiger partial charge in [-0.25, -0.2) is 0 Å². The largest absolute Gasteiger partial charge is 0.471 e. The third-order valence-electron chi connectivity index (χ3n) is 2.77. The van der Waals surface area contributed by atoms with Crippen LogP contribution in [0.4, 0.5) is 22.0 Å². The smallest absolute Gasteiger partial charge is 0.381 e. The average Bonchev–Trinajstić information content (AvgIpc) is 3.14. The Morgan fingerprint density at radius 2 is 2.04 bits per heavy atom. The minimum Gasteiger partial charge on any atom is -0.381 e. The van der Waals surface area contributed by atoms with E-state index in [-0.39, 0.29) is 16.3 Å². The third kappa shape index (κ3) is 3.53. The van der Waals surface area contributed by atoms with E-state index >= 15 is 0 Å². The number of nitrogens with one attached hydrogen (secondary N) is 1. The van der Waals surface area contributed by atoms with Gasteiger partial charge in [0.05, 0.1) is 4.88 Å². The number of carbonyl (C=O) groups is 1. The molecule has 1 atom stereocenters. The van der Waals surface area contributed by atoms with Crippen LogP contribution in [0.2, 0.25) is 0 Å². The SMILES string of the molecule is CCNC(=O)C(F)(F)C(O)c1ccc(-c2noc(C(F)(F)F)n2)s1. The zero-order chi connectivity index (χ0) is 18.1. The summed E-state index contributed by atoms with van der Waals surface area (Å²) in [4.78, 5) is 14.0. The fourth-order valence-corrected chi connectivity index (χ4v) is 2.60. The molecule has 132 valence electrons. The first kappa shape index (κ1) is 18.3. The molecule has 12 heteroatoms. The Hall–Kier alpha value is -2.08. The molecule has 1 unspecified atom stereocenters. The Bertz CT molecular complexity index is 728. The summed E-state index contributed by atoms with van der Waals surface area (Å²) in [6.45, 7) is 1.37. The van der Waals surface area contributed by atoms with Gasteiger partial charge in [-0.05, 0) is 19.1 Å². The van der Waals surface area contributed by atoms with E-state index in [0.717, 1.165) is 12.1 Å². The predicted octanol–water partition coefficient (Wildman–Crippen LogP) is 2.62. The van der Waals surface area contributed by atoms with E-state index in [9.17, 15) is 31.9 Å². The lowest BCUT2D eigenvalue weighted by molar-refractivity contribution is -0.163. The lowest BCUT2D eigenvalue weighted by Crippen LogP contribution is -2.44. The molecule has 0 saturated carbocycles. The maximum atomic E-state index is 13.8. The second kappa shape index (κ2) is 6.43. The molecular formula is C12H10F5N3O3S. The van der Waals surface area contributed by atoms with E-state index < -0.39 is 35.8 Å². The molecule has 0 bridgehead atoms. The Balaban J connectivity index is 2.24. The van der Waals surface area contributed by atoms with Gasteiger partial charge >= 0.3 is 18.0 Å². The Morgan fingerprint density at radius 1 is 1.38 bits per heavy atom. The van der Waals surface area contributed by atoms with Gasteiger partial charge in [0.1, 0.15) is 0 Å². The van der Waals surface area contributed by atoms with Crippen molar-refractivity contribution in [2.45, 2.75) is 25.1 Å². The molecular weight excluding hydrogens is 361 g/mol. The maximum absolute atomic E-state index is 13.8. The number of aromatic nitrogens is 2. The first-order chi connectivity index (χ1) is 11.1. The van der Waals surface area contributed by atoms with Crippen molar-refractivity contribution >= 4 is 17.2 Å². The van der Waals surface area contributed by atoms with Gasteiger partial charge in [-0.2, -0.15) is 26.9 Å². The fraction of sp³-hybridized carbons (Fsp3) is 0.417. The quantitative estimate of drug-likeness (QED) is 0.789. The zero-order valence-electron chi connectivity index (χ0n) is 11.9. The van der Waals surface area contributed by atoms with Crippen molar-refractivity contribution in [3.8, 4) is 10.7 Å². The topological polar surface area (TPSA) is 88.2 Å². The van der Waals surface area contributed by atoms with Crippen LogP contribution in [0.1, 0.15) is 23.8 Å². The monoisotopic (exact) mass is 371 g/mol. The highest BCUT2D eigenvalue weighted by Crippen LogP contribution is 2.38. The number of amides is 1. The van der Waals surface area contributed by atoms with Gasteiger partial charge in [-0.15, -0.1) is 11.3 Å². The molecule has 2 aromatic rings. The summed E-state index contributed by atoms with van der Waals surface area (Å²) in [5, 5.41) is 14.7. The molecule has 6 nitrogen and oxygen atoms in total. The zero-order valence-corrected chi connectivity index (χ0v) is 12.7. The number of rotatable bonds is 5. The summed E-state index contributed by atoms with van der Waals surface area (Å²) in [5.74, 6) is -7.81. The highest BCUT2D eigenvalue weighted by atomic mass is 32.1. The number of aliphatic hydroxyl groups is 1. The van der Waals surface area contributed by atoms with Crippen molar-refractivity contribution in [3.63, 3.8) is 0 Å². The van der Waals surface area contributed by atoms with Gasteiger partial charge in [0.2, 0.25) is 5.82 Å². The molecule has 0 spiro atoms. The highest BCUT2D eigenvalue weighted by Gasteiger charge is 2.48. The predicted molar refractivity (Wildman–Crippen MR) is 71.2 cm³/mol. The number of nitrogens with zero attached hydrogens (tertiary/aromatic N) is 2. The summed E-state index contributed by atoms with van der Waals surface area (Å²) in [5.41, 5.74) is 0. The Morgan fingerprint density at radius 3 is 2.58 bits per heavy atom. The van der Waals surface area contributed by atoms with Crippen molar-refractivity contribution in [1.29, 1.82) is 0 Å². The highest BCUT2D eigenvalue weighted by molar-refractivity contribution is 7.15. The standard InChI is InChI=1S/C12H10F5N3O3S/c1-2-18-9(22)11(13,14)7(21)5-3-4-6(24-5)8-19-10(23-20-8)12(15,16)17/h3-4,7,21H,2H2,1H3,(H,18,22). The molecule has 1 amide bonds. The molecule has 0 aromatic carbocycles. The lowest BCUT2D eigenvalue weighted by atomic mass is 10.1. The van der Waals surface area contributed by atoms with Crippen LogP contribution in [-0.4, -0.2) is 33.6 Å². The van der Waals surface area contributed by atoms with E-state index in [4.69, 9.17) is 0 Å². The van der Waals surface area contributed by atoms with E-state index in [1.807, 2.05) is 5.32 Å². The van der Waals surface area contributed by atoms with Crippen LogP contribution in [0.5, 0.6) is 0 Å². The molecule has 2 aromatic heterocycles. The number of alkyl halides is 5. The van der Waals surface area contributed by atoms with Gasteiger partial charge in [0, 0.05) is 11.4 Å². The van der Waals surface area contributed by atoms with Gasteiger partial charge in [0.25, 0.3) is 5.91 Å². The molecule has 0 radical (unpaired) electrons. The summed E-state index contributed by atoms with van der Waals surface area (Å²) in [6.07, 6.45) is -7.30. The van der Waals surface area contributed by atoms with Crippen LogP contribution in [0, 0.1) is 0 Å². The summed E-state index contributed by atoms with van der Waals surface area (Å²) in [6, 6.07) is 2.18. The molecule has 0 aliphatic rings. The summed E-state index contributed by atoms with van der Waals surface area (Å²) in [7, 11) is 0. The van der Waals surface area contributed by atoms with Crippen LogP contribution in [0.15, 0.2) is 16.7 Å². The van der Waals surface area contributed by atoms with Gasteiger partial charge < -0.3 is 14.9 Å². The van der Waals surface area contributed by atoms with E-state index in [1.165, 1.54) is 6.92 Å². The molecule has 0 saturated heterocycles. The fourth-order valence-electron chi connectivity index (χ4n) is 1.64. The number of aliphatic hydroxyl groups excluding tert-OH is 1.